The summed E-state index contributed by atoms with van der Waals surface area (Å²) in [5.41, 5.74) is 0.172. The Balaban J connectivity index is 1.83. The normalized spacial score (nSPS) is 15.7. The lowest BCUT2D eigenvalue weighted by molar-refractivity contribution is 0.0288. The van der Waals surface area contributed by atoms with Gasteiger partial charge in [-0.2, -0.15) is 5.10 Å². The number of rotatable bonds is 4. The van der Waals surface area contributed by atoms with Gasteiger partial charge in [-0.3, -0.25) is 4.68 Å². The molecule has 1 fully saturated rings. The number of amides is 1. The van der Waals surface area contributed by atoms with Crippen molar-refractivity contribution in [3.8, 4) is 23.3 Å². The van der Waals surface area contributed by atoms with E-state index in [9.17, 15) is 14.7 Å². The van der Waals surface area contributed by atoms with E-state index in [-0.39, 0.29) is 17.3 Å². The Morgan fingerprint density at radius 2 is 1.78 bits per heavy atom. The smallest absolute Gasteiger partial charge is 0.410 e. The largest absolute Gasteiger partial charge is 0.497 e. The molecule has 32 heavy (non-hydrogen) atoms. The van der Waals surface area contributed by atoms with Crippen LogP contribution in [0.4, 0.5) is 4.79 Å². The molecule has 0 saturated carbocycles. The minimum atomic E-state index is -1.12. The highest BCUT2D eigenvalue weighted by Gasteiger charge is 2.32. The number of aromatic carboxylic acids is 1. The average molecular weight is 441 g/mol. The highest BCUT2D eigenvalue weighted by atomic mass is 16.6. The Bertz CT molecular complexity index is 1050. The lowest BCUT2D eigenvalue weighted by Crippen LogP contribution is -2.35. The van der Waals surface area contributed by atoms with E-state index in [0.29, 0.717) is 36.6 Å². The second kappa shape index (κ2) is 9.22. The molecule has 0 unspecified atom stereocenters. The molecule has 1 aliphatic heterocycles. The number of carboxylic acid groups (broad SMARTS) is 1. The minimum absolute atomic E-state index is 0.00285. The van der Waals surface area contributed by atoms with E-state index in [1.807, 2.05) is 20.8 Å². The number of carbonyl (C=O) groups excluding carboxylic acids is 1. The quantitative estimate of drug-likeness (QED) is 0.727. The number of methoxy groups -OCH3 is 2. The van der Waals surface area contributed by atoms with Gasteiger partial charge in [0.05, 0.1) is 20.3 Å². The van der Waals surface area contributed by atoms with Gasteiger partial charge in [-0.15, -0.1) is 0 Å². The summed E-state index contributed by atoms with van der Waals surface area (Å²) >= 11 is 0. The molecule has 1 saturated heterocycles. The Labute approximate surface area is 186 Å². The summed E-state index contributed by atoms with van der Waals surface area (Å²) in [6.45, 7) is 6.33. The fraction of sp³-hybridized carbons (Fsp3) is 0.435. The molecule has 2 heterocycles. The van der Waals surface area contributed by atoms with Crippen LogP contribution >= 0.6 is 0 Å². The summed E-state index contributed by atoms with van der Waals surface area (Å²) in [4.78, 5) is 25.7. The molecule has 0 radical (unpaired) electrons. The summed E-state index contributed by atoms with van der Waals surface area (Å²) in [5, 5.41) is 14.0. The van der Waals surface area contributed by atoms with Gasteiger partial charge < -0.3 is 24.2 Å². The van der Waals surface area contributed by atoms with Crippen molar-refractivity contribution in [2.24, 2.45) is 0 Å². The molecule has 3 rings (SSSR count). The van der Waals surface area contributed by atoms with E-state index in [4.69, 9.17) is 14.2 Å². The average Bonchev–Trinajstić information content (AvgIpc) is 3.38. The van der Waals surface area contributed by atoms with Crippen molar-refractivity contribution in [1.82, 2.24) is 14.7 Å². The summed E-state index contributed by atoms with van der Waals surface area (Å²) in [7, 11) is 3.08. The van der Waals surface area contributed by atoms with Gasteiger partial charge in [0.1, 0.15) is 28.4 Å². The lowest BCUT2D eigenvalue weighted by Gasteiger charge is -2.24. The zero-order chi connectivity index (χ0) is 23.5. The number of carboxylic acids is 1. The molecule has 1 aliphatic rings. The first-order chi connectivity index (χ1) is 15.1. The van der Waals surface area contributed by atoms with Gasteiger partial charge in [0, 0.05) is 30.9 Å². The van der Waals surface area contributed by atoms with Crippen LogP contribution in [-0.4, -0.2) is 64.8 Å². The van der Waals surface area contributed by atoms with Crippen LogP contribution in [0, 0.1) is 11.8 Å². The van der Waals surface area contributed by atoms with Crippen LogP contribution in [0.25, 0.3) is 0 Å². The molecular formula is C23H27N3O6. The van der Waals surface area contributed by atoms with Crippen molar-refractivity contribution in [1.29, 1.82) is 0 Å². The zero-order valence-electron chi connectivity index (χ0n) is 18.8. The number of benzene rings is 1. The van der Waals surface area contributed by atoms with Crippen LogP contribution < -0.4 is 9.47 Å². The van der Waals surface area contributed by atoms with Gasteiger partial charge in [-0.05, 0) is 45.2 Å². The van der Waals surface area contributed by atoms with Crippen LogP contribution in [0.3, 0.4) is 0 Å². The molecule has 170 valence electrons. The Hall–Kier alpha value is -3.67. The number of aromatic nitrogens is 2. The van der Waals surface area contributed by atoms with Crippen molar-refractivity contribution in [2.45, 2.75) is 38.8 Å². The molecule has 1 atom stereocenters. The highest BCUT2D eigenvalue weighted by molar-refractivity contribution is 5.89. The summed E-state index contributed by atoms with van der Waals surface area (Å²) < 4.78 is 17.5. The van der Waals surface area contributed by atoms with Crippen LogP contribution in [0.5, 0.6) is 11.5 Å². The van der Waals surface area contributed by atoms with E-state index in [1.165, 1.54) is 6.20 Å². The second-order valence-electron chi connectivity index (χ2n) is 8.40. The first kappa shape index (κ1) is 23.0. The molecule has 1 N–H and O–H groups in total. The van der Waals surface area contributed by atoms with Crippen molar-refractivity contribution in [3.63, 3.8) is 0 Å². The topological polar surface area (TPSA) is 103 Å². The van der Waals surface area contributed by atoms with E-state index in [0.717, 1.165) is 0 Å². The van der Waals surface area contributed by atoms with Gasteiger partial charge in [0.15, 0.2) is 0 Å². The Kier molecular flexibility index (Phi) is 6.63. The lowest BCUT2D eigenvalue weighted by atomic mass is 10.2. The number of ether oxygens (including phenoxy) is 3. The van der Waals surface area contributed by atoms with E-state index >= 15 is 0 Å². The molecular weight excluding hydrogens is 414 g/mol. The van der Waals surface area contributed by atoms with Crippen LogP contribution in [0.2, 0.25) is 0 Å². The molecule has 0 aliphatic carbocycles. The third-order valence-corrected chi connectivity index (χ3v) is 4.83. The maximum atomic E-state index is 12.3. The summed E-state index contributed by atoms with van der Waals surface area (Å²) in [6.07, 6.45) is 1.71. The Morgan fingerprint density at radius 3 is 2.34 bits per heavy atom. The highest BCUT2D eigenvalue weighted by Crippen LogP contribution is 2.25. The van der Waals surface area contributed by atoms with Gasteiger partial charge >= 0.3 is 12.1 Å². The number of hydrogen-bond acceptors (Lipinski definition) is 6. The molecule has 1 aromatic heterocycles. The monoisotopic (exact) mass is 441 g/mol. The van der Waals surface area contributed by atoms with E-state index < -0.39 is 17.7 Å². The first-order valence-corrected chi connectivity index (χ1v) is 10.1. The number of likely N-dealkylation sites (tertiary alicyclic amines) is 1. The SMILES string of the molecule is COc1cc(C#Cc2nn([C@H]3CCN(C(=O)OC(C)(C)C)C3)cc2C(=O)O)cc(OC)c1. The van der Waals surface area contributed by atoms with Crippen molar-refractivity contribution in [3.05, 3.63) is 41.2 Å². The predicted molar refractivity (Wildman–Crippen MR) is 116 cm³/mol. The van der Waals surface area contributed by atoms with Crippen LogP contribution in [-0.2, 0) is 4.74 Å². The standard InChI is InChI=1S/C23H27N3O6/c1-23(2,3)32-22(29)25-9-8-16(13-25)26-14-19(21(27)28)20(24-26)7-6-15-10-17(30-4)12-18(11-15)31-5/h10-12,14,16H,8-9,13H2,1-5H3,(H,27,28)/t16-/m0/s1. The molecule has 1 amide bonds. The van der Waals surface area contributed by atoms with Gasteiger partial charge in [-0.1, -0.05) is 5.92 Å². The van der Waals surface area contributed by atoms with E-state index in [1.54, 1.807) is 42.0 Å². The van der Waals surface area contributed by atoms with Crippen LogP contribution in [0.15, 0.2) is 24.4 Å². The second-order valence-corrected chi connectivity index (χ2v) is 8.40. The van der Waals surface area contributed by atoms with Crippen LogP contribution in [0.1, 0.15) is 54.8 Å². The molecule has 0 spiro atoms. The third-order valence-electron chi connectivity index (χ3n) is 4.83. The predicted octanol–water partition coefficient (Wildman–Crippen LogP) is 3.18. The maximum Gasteiger partial charge on any atom is 0.410 e. The van der Waals surface area contributed by atoms with Gasteiger partial charge in [0.25, 0.3) is 0 Å². The molecule has 1 aromatic carbocycles. The fourth-order valence-corrected chi connectivity index (χ4v) is 3.29. The van der Waals surface area contributed by atoms with Gasteiger partial charge in [0.2, 0.25) is 0 Å². The number of nitrogens with zero attached hydrogens (tertiary/aromatic N) is 3. The third kappa shape index (κ3) is 5.52. The fourth-order valence-electron chi connectivity index (χ4n) is 3.29. The molecule has 0 bridgehead atoms. The van der Waals surface area contributed by atoms with Crippen molar-refractivity contribution >= 4 is 12.1 Å². The van der Waals surface area contributed by atoms with E-state index in [2.05, 4.69) is 16.9 Å². The summed E-state index contributed by atoms with van der Waals surface area (Å²) in [5.74, 6) is 5.80. The molecule has 2 aromatic rings. The molecule has 9 nitrogen and oxygen atoms in total. The number of hydrogen-bond donors (Lipinski definition) is 1. The van der Waals surface area contributed by atoms with Crippen molar-refractivity contribution in [2.75, 3.05) is 27.3 Å². The zero-order valence-corrected chi connectivity index (χ0v) is 18.8. The summed E-state index contributed by atoms with van der Waals surface area (Å²) in [6, 6.07) is 5.01. The maximum absolute atomic E-state index is 12.3. The minimum Gasteiger partial charge on any atom is -0.497 e. The number of carbonyl (C=O) groups is 2. The molecule has 9 heteroatoms. The Morgan fingerprint density at radius 1 is 1.12 bits per heavy atom. The van der Waals surface area contributed by atoms with Crippen molar-refractivity contribution < 1.29 is 28.9 Å². The van der Waals surface area contributed by atoms with Gasteiger partial charge in [-0.25, -0.2) is 9.59 Å². The first-order valence-electron chi connectivity index (χ1n) is 10.1.